The maximum Gasteiger partial charge on any atom is 0.173 e. The van der Waals surface area contributed by atoms with Crippen LogP contribution in [0.15, 0.2) is 24.3 Å². The molecule has 0 bridgehead atoms. The predicted octanol–water partition coefficient (Wildman–Crippen LogP) is 1.16. The molecule has 0 aliphatic carbocycles. The van der Waals surface area contributed by atoms with E-state index in [4.69, 9.17) is 0 Å². The van der Waals surface area contributed by atoms with E-state index in [1.807, 2.05) is 0 Å². The van der Waals surface area contributed by atoms with E-state index in [0.29, 0.717) is 6.29 Å². The van der Waals surface area contributed by atoms with Crippen LogP contribution < -0.4 is 0 Å². The molecule has 0 saturated carbocycles. The van der Waals surface area contributed by atoms with E-state index in [1.165, 1.54) is 12.1 Å². The lowest BCUT2D eigenvalue weighted by molar-refractivity contribution is -0.107. The van der Waals surface area contributed by atoms with Gasteiger partial charge in [0.2, 0.25) is 0 Å². The predicted molar refractivity (Wildman–Crippen MR) is 43.1 cm³/mol. The highest BCUT2D eigenvalue weighted by Gasteiger charge is 2.08. The average molecular weight is 164 g/mol. The summed E-state index contributed by atoms with van der Waals surface area (Å²) in [5.74, 6) is -0.438. The first kappa shape index (κ1) is 8.46. The number of rotatable bonds is 3. The van der Waals surface area contributed by atoms with E-state index in [2.05, 4.69) is 0 Å². The molecular formula is C9H8O3. The Morgan fingerprint density at radius 1 is 1.42 bits per heavy atom. The second-order valence-corrected chi connectivity index (χ2v) is 2.31. The second kappa shape index (κ2) is 3.67. The number of benzene rings is 1. The van der Waals surface area contributed by atoms with Crippen LogP contribution in [0.2, 0.25) is 0 Å². The van der Waals surface area contributed by atoms with Crippen molar-refractivity contribution in [3.05, 3.63) is 29.8 Å². The number of para-hydroxylation sites is 1. The van der Waals surface area contributed by atoms with E-state index in [9.17, 15) is 14.7 Å². The molecule has 0 aliphatic heterocycles. The summed E-state index contributed by atoms with van der Waals surface area (Å²) >= 11 is 0. The minimum Gasteiger partial charge on any atom is -0.507 e. The molecule has 0 fully saturated rings. The number of aromatic hydroxyl groups is 1. The number of hydrogen-bond donors (Lipinski definition) is 1. The molecule has 1 aromatic carbocycles. The molecule has 0 aliphatic rings. The summed E-state index contributed by atoms with van der Waals surface area (Å²) in [6, 6.07) is 6.16. The molecule has 1 aromatic rings. The average Bonchev–Trinajstić information content (AvgIpc) is 2.05. The quantitative estimate of drug-likeness (QED) is 0.414. The van der Waals surface area contributed by atoms with Crippen molar-refractivity contribution in [1.29, 1.82) is 0 Å². The summed E-state index contributed by atoms with van der Waals surface area (Å²) < 4.78 is 0. The molecule has 0 radical (unpaired) electrons. The summed E-state index contributed by atoms with van der Waals surface area (Å²) in [6.07, 6.45) is 0.340. The van der Waals surface area contributed by atoms with Gasteiger partial charge in [0.25, 0.3) is 0 Å². The SMILES string of the molecule is O=CCC(=O)c1ccccc1O. The minimum absolute atomic E-state index is 0.0793. The van der Waals surface area contributed by atoms with Crippen molar-refractivity contribution >= 4 is 12.1 Å². The number of ketones is 1. The van der Waals surface area contributed by atoms with Gasteiger partial charge in [0.1, 0.15) is 12.0 Å². The number of carbonyl (C=O) groups excluding carboxylic acids is 2. The normalized spacial score (nSPS) is 9.33. The van der Waals surface area contributed by atoms with E-state index >= 15 is 0 Å². The largest absolute Gasteiger partial charge is 0.507 e. The molecule has 1 rings (SSSR count). The zero-order valence-corrected chi connectivity index (χ0v) is 6.36. The first-order chi connectivity index (χ1) is 5.75. The second-order valence-electron chi connectivity index (χ2n) is 2.31. The van der Waals surface area contributed by atoms with Gasteiger partial charge in [-0.1, -0.05) is 12.1 Å². The van der Waals surface area contributed by atoms with Crippen LogP contribution in [0, 0.1) is 0 Å². The summed E-state index contributed by atoms with van der Waals surface area (Å²) in [7, 11) is 0. The number of hydrogen-bond acceptors (Lipinski definition) is 3. The fraction of sp³-hybridized carbons (Fsp3) is 0.111. The summed E-state index contributed by atoms with van der Waals surface area (Å²) in [5.41, 5.74) is 0.199. The third-order valence-electron chi connectivity index (χ3n) is 1.47. The first-order valence-corrected chi connectivity index (χ1v) is 3.50. The van der Waals surface area contributed by atoms with Gasteiger partial charge in [0, 0.05) is 0 Å². The molecular weight excluding hydrogens is 156 g/mol. The van der Waals surface area contributed by atoms with Crippen LogP contribution in [0.25, 0.3) is 0 Å². The Kier molecular flexibility index (Phi) is 2.58. The Morgan fingerprint density at radius 3 is 2.67 bits per heavy atom. The maximum absolute atomic E-state index is 11.1. The van der Waals surface area contributed by atoms with Crippen LogP contribution in [0.3, 0.4) is 0 Å². The smallest absolute Gasteiger partial charge is 0.173 e. The van der Waals surface area contributed by atoms with E-state index in [1.54, 1.807) is 12.1 Å². The third kappa shape index (κ3) is 1.69. The third-order valence-corrected chi connectivity index (χ3v) is 1.47. The lowest BCUT2D eigenvalue weighted by Gasteiger charge is -1.98. The molecule has 0 heterocycles. The Bertz CT molecular complexity index is 304. The highest BCUT2D eigenvalue weighted by Crippen LogP contribution is 2.16. The first-order valence-electron chi connectivity index (χ1n) is 3.50. The zero-order chi connectivity index (χ0) is 8.97. The van der Waals surface area contributed by atoms with Gasteiger partial charge in [0.15, 0.2) is 5.78 Å². The van der Waals surface area contributed by atoms with E-state index in [0.717, 1.165) is 0 Å². The van der Waals surface area contributed by atoms with Crippen molar-refractivity contribution in [3.63, 3.8) is 0 Å². The van der Waals surface area contributed by atoms with Gasteiger partial charge in [-0.05, 0) is 12.1 Å². The van der Waals surface area contributed by atoms with Crippen molar-refractivity contribution in [2.45, 2.75) is 6.42 Å². The number of carbonyl (C=O) groups is 2. The van der Waals surface area contributed by atoms with E-state index in [-0.39, 0.29) is 23.5 Å². The fourth-order valence-electron chi connectivity index (χ4n) is 0.895. The van der Waals surface area contributed by atoms with Crippen LogP contribution >= 0.6 is 0 Å². The van der Waals surface area contributed by atoms with Crippen LogP contribution in [0.4, 0.5) is 0 Å². The molecule has 3 heteroatoms. The lowest BCUT2D eigenvalue weighted by atomic mass is 10.1. The molecule has 3 nitrogen and oxygen atoms in total. The Balaban J connectivity index is 2.94. The van der Waals surface area contributed by atoms with Gasteiger partial charge in [-0.2, -0.15) is 0 Å². The molecule has 0 amide bonds. The van der Waals surface area contributed by atoms with Gasteiger partial charge in [-0.3, -0.25) is 4.79 Å². The van der Waals surface area contributed by atoms with Crippen LogP contribution in [-0.2, 0) is 4.79 Å². The summed E-state index contributed by atoms with van der Waals surface area (Å²) in [4.78, 5) is 21.1. The number of Topliss-reactive ketones (excluding diaryl/α,β-unsaturated/α-hetero) is 1. The Hall–Kier alpha value is -1.64. The number of phenolic OH excluding ortho intramolecular Hbond substituents is 1. The molecule has 0 saturated heterocycles. The highest BCUT2D eigenvalue weighted by atomic mass is 16.3. The van der Waals surface area contributed by atoms with Gasteiger partial charge in [-0.15, -0.1) is 0 Å². The van der Waals surface area contributed by atoms with Gasteiger partial charge < -0.3 is 9.90 Å². The molecule has 0 atom stereocenters. The van der Waals surface area contributed by atoms with Crippen molar-refractivity contribution < 1.29 is 14.7 Å². The molecule has 0 spiro atoms. The lowest BCUT2D eigenvalue weighted by Crippen LogP contribution is -1.99. The molecule has 12 heavy (non-hydrogen) atoms. The van der Waals surface area contributed by atoms with Crippen LogP contribution in [-0.4, -0.2) is 17.2 Å². The molecule has 62 valence electrons. The summed E-state index contributed by atoms with van der Waals surface area (Å²) in [5, 5.41) is 9.17. The van der Waals surface area contributed by atoms with Crippen molar-refractivity contribution in [3.8, 4) is 5.75 Å². The van der Waals surface area contributed by atoms with Crippen LogP contribution in [0.5, 0.6) is 5.75 Å². The summed E-state index contributed by atoms with van der Waals surface area (Å²) in [6.45, 7) is 0. The molecule has 0 aromatic heterocycles. The Morgan fingerprint density at radius 2 is 2.08 bits per heavy atom. The molecule has 1 N–H and O–H groups in total. The standard InChI is InChI=1S/C9H8O3/c10-6-5-9(12)7-3-1-2-4-8(7)11/h1-4,6,11H,5H2. The van der Waals surface area contributed by atoms with Crippen LogP contribution in [0.1, 0.15) is 16.8 Å². The fourth-order valence-corrected chi connectivity index (χ4v) is 0.895. The highest BCUT2D eigenvalue weighted by molar-refractivity contribution is 6.04. The zero-order valence-electron chi connectivity index (χ0n) is 6.36. The monoisotopic (exact) mass is 164 g/mol. The number of phenols is 1. The van der Waals surface area contributed by atoms with Crippen molar-refractivity contribution in [1.82, 2.24) is 0 Å². The van der Waals surface area contributed by atoms with Crippen molar-refractivity contribution in [2.24, 2.45) is 0 Å². The van der Waals surface area contributed by atoms with Gasteiger partial charge >= 0.3 is 0 Å². The molecule has 0 unspecified atom stereocenters. The Labute approximate surface area is 69.6 Å². The topological polar surface area (TPSA) is 54.4 Å². The maximum atomic E-state index is 11.1. The van der Waals surface area contributed by atoms with Gasteiger partial charge in [0.05, 0.1) is 12.0 Å². The number of aldehydes is 1. The van der Waals surface area contributed by atoms with Crippen molar-refractivity contribution in [2.75, 3.05) is 0 Å². The van der Waals surface area contributed by atoms with Gasteiger partial charge in [-0.25, -0.2) is 0 Å². The van der Waals surface area contributed by atoms with E-state index < -0.39 is 0 Å². The minimum atomic E-state index is -0.358.